The Morgan fingerprint density at radius 1 is 1.15 bits per heavy atom. The third-order valence-corrected chi connectivity index (χ3v) is 4.28. The van der Waals surface area contributed by atoms with Crippen LogP contribution in [0.25, 0.3) is 0 Å². The van der Waals surface area contributed by atoms with Gasteiger partial charge in [-0.2, -0.15) is 0 Å². The van der Waals surface area contributed by atoms with E-state index < -0.39 is 0 Å². The monoisotopic (exact) mass is 367 g/mol. The SMILES string of the molecule is CC(C)Oc1ccc(C(=O)NCc2ccc(N3CCNC(=O)C3)cc2)cc1. The predicted octanol–water partition coefficient (Wildman–Crippen LogP) is 2.34. The maximum Gasteiger partial charge on any atom is 0.251 e. The van der Waals surface area contributed by atoms with Crippen LogP contribution in [0.4, 0.5) is 5.69 Å². The van der Waals surface area contributed by atoms with Crippen LogP contribution in [0.15, 0.2) is 48.5 Å². The van der Waals surface area contributed by atoms with Gasteiger partial charge >= 0.3 is 0 Å². The third kappa shape index (κ3) is 5.23. The van der Waals surface area contributed by atoms with E-state index in [1.165, 1.54) is 0 Å². The Labute approximate surface area is 159 Å². The van der Waals surface area contributed by atoms with Crippen LogP contribution in [0.2, 0.25) is 0 Å². The van der Waals surface area contributed by atoms with Crippen molar-refractivity contribution in [3.63, 3.8) is 0 Å². The van der Waals surface area contributed by atoms with Crippen molar-refractivity contribution in [3.05, 3.63) is 59.7 Å². The highest BCUT2D eigenvalue weighted by atomic mass is 16.5. The summed E-state index contributed by atoms with van der Waals surface area (Å²) < 4.78 is 5.59. The van der Waals surface area contributed by atoms with Crippen molar-refractivity contribution in [2.75, 3.05) is 24.5 Å². The van der Waals surface area contributed by atoms with Gasteiger partial charge in [0, 0.05) is 30.9 Å². The number of carbonyl (C=O) groups excluding carboxylic acids is 2. The first-order chi connectivity index (χ1) is 13.0. The number of ether oxygens (including phenoxy) is 1. The third-order valence-electron chi connectivity index (χ3n) is 4.28. The predicted molar refractivity (Wildman–Crippen MR) is 105 cm³/mol. The molecule has 0 saturated carbocycles. The minimum absolute atomic E-state index is 0.0439. The van der Waals surface area contributed by atoms with E-state index in [0.717, 1.165) is 23.5 Å². The van der Waals surface area contributed by atoms with E-state index in [-0.39, 0.29) is 17.9 Å². The Hall–Kier alpha value is -3.02. The molecule has 1 fully saturated rings. The number of amides is 2. The van der Waals surface area contributed by atoms with Crippen molar-refractivity contribution in [2.45, 2.75) is 26.5 Å². The van der Waals surface area contributed by atoms with Crippen LogP contribution >= 0.6 is 0 Å². The lowest BCUT2D eigenvalue weighted by atomic mass is 10.1. The molecule has 6 heteroatoms. The van der Waals surface area contributed by atoms with Crippen LogP contribution in [0, 0.1) is 0 Å². The molecule has 1 aliphatic rings. The van der Waals surface area contributed by atoms with Crippen LogP contribution in [-0.4, -0.2) is 37.6 Å². The van der Waals surface area contributed by atoms with Gasteiger partial charge in [-0.25, -0.2) is 0 Å². The number of anilines is 1. The average Bonchev–Trinajstić information content (AvgIpc) is 2.66. The highest BCUT2D eigenvalue weighted by Crippen LogP contribution is 2.17. The van der Waals surface area contributed by atoms with E-state index in [1.807, 2.05) is 43.0 Å². The lowest BCUT2D eigenvalue weighted by molar-refractivity contribution is -0.120. The van der Waals surface area contributed by atoms with Crippen molar-refractivity contribution in [3.8, 4) is 5.75 Å². The average molecular weight is 367 g/mol. The van der Waals surface area contributed by atoms with Gasteiger partial charge in [-0.15, -0.1) is 0 Å². The Kier molecular flexibility index (Phi) is 5.96. The topological polar surface area (TPSA) is 70.7 Å². The number of benzene rings is 2. The maximum atomic E-state index is 12.3. The number of hydrogen-bond acceptors (Lipinski definition) is 4. The molecule has 2 N–H and O–H groups in total. The molecule has 0 aliphatic carbocycles. The summed E-state index contributed by atoms with van der Waals surface area (Å²) in [6.07, 6.45) is 0.104. The maximum absolute atomic E-state index is 12.3. The molecular formula is C21H25N3O3. The van der Waals surface area contributed by atoms with Gasteiger partial charge in [0.05, 0.1) is 12.6 Å². The number of hydrogen-bond donors (Lipinski definition) is 2. The summed E-state index contributed by atoms with van der Waals surface area (Å²) in [5.41, 5.74) is 2.62. The first kappa shape index (κ1) is 18.8. The van der Waals surface area contributed by atoms with Crippen LogP contribution in [0.3, 0.4) is 0 Å². The van der Waals surface area contributed by atoms with Crippen molar-refractivity contribution in [2.24, 2.45) is 0 Å². The molecule has 0 unspecified atom stereocenters. The zero-order valence-corrected chi connectivity index (χ0v) is 15.7. The molecule has 3 rings (SSSR count). The minimum atomic E-state index is -0.122. The quantitative estimate of drug-likeness (QED) is 0.822. The summed E-state index contributed by atoms with van der Waals surface area (Å²) in [4.78, 5) is 25.8. The Bertz CT molecular complexity index is 785. The molecule has 0 aromatic heterocycles. The fourth-order valence-electron chi connectivity index (χ4n) is 2.93. The van der Waals surface area contributed by atoms with E-state index >= 15 is 0 Å². The molecule has 142 valence electrons. The van der Waals surface area contributed by atoms with Gasteiger partial charge in [-0.1, -0.05) is 12.1 Å². The standard InChI is InChI=1S/C21H25N3O3/c1-15(2)27-19-9-5-17(6-10-19)21(26)23-13-16-3-7-18(8-4-16)24-12-11-22-20(25)14-24/h3-10,15H,11-14H2,1-2H3,(H,22,25)(H,23,26). The Morgan fingerprint density at radius 3 is 2.48 bits per heavy atom. The van der Waals surface area contributed by atoms with Gasteiger partial charge in [0.2, 0.25) is 5.91 Å². The number of rotatable bonds is 6. The van der Waals surface area contributed by atoms with Crippen molar-refractivity contribution < 1.29 is 14.3 Å². The van der Waals surface area contributed by atoms with Gasteiger partial charge in [0.25, 0.3) is 5.91 Å². The second-order valence-corrected chi connectivity index (χ2v) is 6.81. The van der Waals surface area contributed by atoms with Gasteiger partial charge in [-0.05, 0) is 55.8 Å². The molecule has 1 saturated heterocycles. The fraction of sp³-hybridized carbons (Fsp3) is 0.333. The molecule has 0 radical (unpaired) electrons. The molecule has 27 heavy (non-hydrogen) atoms. The van der Waals surface area contributed by atoms with Crippen molar-refractivity contribution in [1.82, 2.24) is 10.6 Å². The first-order valence-corrected chi connectivity index (χ1v) is 9.17. The first-order valence-electron chi connectivity index (χ1n) is 9.17. The van der Waals surface area contributed by atoms with Crippen LogP contribution in [0.1, 0.15) is 29.8 Å². The zero-order chi connectivity index (χ0) is 19.2. The molecule has 2 aromatic rings. The van der Waals surface area contributed by atoms with Gasteiger partial charge in [0.1, 0.15) is 5.75 Å². The summed E-state index contributed by atoms with van der Waals surface area (Å²) in [6, 6.07) is 15.0. The van der Waals surface area contributed by atoms with Crippen LogP contribution < -0.4 is 20.3 Å². The summed E-state index contributed by atoms with van der Waals surface area (Å²) >= 11 is 0. The Morgan fingerprint density at radius 2 is 1.85 bits per heavy atom. The highest BCUT2D eigenvalue weighted by molar-refractivity contribution is 5.94. The summed E-state index contributed by atoms with van der Waals surface area (Å²) in [5.74, 6) is 0.675. The van der Waals surface area contributed by atoms with Crippen LogP contribution in [0.5, 0.6) is 5.75 Å². The summed E-state index contributed by atoms with van der Waals surface area (Å²) in [5, 5.41) is 5.74. The number of carbonyl (C=O) groups is 2. The largest absolute Gasteiger partial charge is 0.491 e. The molecule has 2 aromatic carbocycles. The highest BCUT2D eigenvalue weighted by Gasteiger charge is 2.16. The van der Waals surface area contributed by atoms with E-state index in [2.05, 4.69) is 10.6 Å². The second kappa shape index (κ2) is 8.58. The number of nitrogens with one attached hydrogen (secondary N) is 2. The van der Waals surface area contributed by atoms with Gasteiger partial charge < -0.3 is 20.3 Å². The van der Waals surface area contributed by atoms with Gasteiger partial charge in [-0.3, -0.25) is 9.59 Å². The lowest BCUT2D eigenvalue weighted by Crippen LogP contribution is -2.47. The summed E-state index contributed by atoms with van der Waals surface area (Å²) in [7, 11) is 0. The summed E-state index contributed by atoms with van der Waals surface area (Å²) in [6.45, 7) is 6.23. The molecule has 6 nitrogen and oxygen atoms in total. The van der Waals surface area contributed by atoms with Crippen molar-refractivity contribution >= 4 is 17.5 Å². The molecule has 2 amide bonds. The van der Waals surface area contributed by atoms with E-state index in [1.54, 1.807) is 24.3 Å². The molecule has 1 heterocycles. The van der Waals surface area contributed by atoms with Crippen LogP contribution in [-0.2, 0) is 11.3 Å². The minimum Gasteiger partial charge on any atom is -0.491 e. The van der Waals surface area contributed by atoms with Crippen molar-refractivity contribution in [1.29, 1.82) is 0 Å². The van der Waals surface area contributed by atoms with E-state index in [9.17, 15) is 9.59 Å². The number of nitrogens with zero attached hydrogens (tertiary/aromatic N) is 1. The molecule has 1 aliphatic heterocycles. The molecule has 0 atom stereocenters. The zero-order valence-electron chi connectivity index (χ0n) is 15.7. The molecule has 0 bridgehead atoms. The normalized spacial score (nSPS) is 14.0. The van der Waals surface area contributed by atoms with E-state index in [0.29, 0.717) is 25.2 Å². The van der Waals surface area contributed by atoms with E-state index in [4.69, 9.17) is 4.74 Å². The lowest BCUT2D eigenvalue weighted by Gasteiger charge is -2.28. The Balaban J connectivity index is 1.53. The van der Waals surface area contributed by atoms with Gasteiger partial charge in [0.15, 0.2) is 0 Å². The number of piperazine rings is 1. The molecular weight excluding hydrogens is 342 g/mol. The fourth-order valence-corrected chi connectivity index (χ4v) is 2.93. The second-order valence-electron chi connectivity index (χ2n) is 6.81. The smallest absolute Gasteiger partial charge is 0.251 e. The molecule has 0 spiro atoms.